The Kier molecular flexibility index (Phi) is 5.14. The fourth-order valence-electron chi connectivity index (χ4n) is 3.89. The third-order valence-corrected chi connectivity index (χ3v) is 5.25. The number of aromatic nitrogens is 5. The molecule has 0 unspecified atom stereocenters. The molecule has 1 saturated heterocycles. The molecule has 0 amide bonds. The maximum atomic E-state index is 4.75. The molecule has 1 fully saturated rings. The Hall–Kier alpha value is -2.76. The summed E-state index contributed by atoms with van der Waals surface area (Å²) in [6.07, 6.45) is 13.0. The Morgan fingerprint density at radius 2 is 2.11 bits per heavy atom. The van der Waals surface area contributed by atoms with Crippen LogP contribution in [0.5, 0.6) is 0 Å². The average molecular weight is 362 g/mol. The van der Waals surface area contributed by atoms with Gasteiger partial charge in [0.2, 0.25) is 0 Å². The molecule has 1 atom stereocenters. The number of hydrogen-bond acceptors (Lipinski definition) is 5. The van der Waals surface area contributed by atoms with Crippen molar-refractivity contribution >= 4 is 5.82 Å². The molecule has 3 aromatic rings. The number of imidazole rings is 1. The van der Waals surface area contributed by atoms with Crippen LogP contribution in [-0.2, 0) is 13.0 Å². The predicted octanol–water partition coefficient (Wildman–Crippen LogP) is 3.37. The van der Waals surface area contributed by atoms with Crippen molar-refractivity contribution in [1.82, 2.24) is 24.5 Å². The Bertz CT molecular complexity index is 889. The summed E-state index contributed by atoms with van der Waals surface area (Å²) in [6.45, 7) is 6.94. The van der Waals surface area contributed by atoms with Crippen LogP contribution in [0.4, 0.5) is 5.82 Å². The molecule has 6 nitrogen and oxygen atoms in total. The lowest BCUT2D eigenvalue weighted by atomic mass is 9.96. The number of hydrogen-bond donors (Lipinski definition) is 0. The van der Waals surface area contributed by atoms with Gasteiger partial charge >= 0.3 is 0 Å². The van der Waals surface area contributed by atoms with Crippen molar-refractivity contribution in [3.8, 4) is 0 Å². The Balaban J connectivity index is 1.56. The molecule has 0 radical (unpaired) electrons. The first-order valence-corrected chi connectivity index (χ1v) is 9.72. The van der Waals surface area contributed by atoms with E-state index in [1.165, 1.54) is 11.1 Å². The minimum Gasteiger partial charge on any atom is -0.356 e. The molecule has 140 valence electrons. The van der Waals surface area contributed by atoms with Crippen LogP contribution in [0.3, 0.4) is 0 Å². The minimum absolute atomic E-state index is 0.408. The van der Waals surface area contributed by atoms with Gasteiger partial charge in [-0.15, -0.1) is 0 Å². The van der Waals surface area contributed by atoms with Crippen LogP contribution >= 0.6 is 0 Å². The number of nitrogens with zero attached hydrogens (tertiary/aromatic N) is 6. The van der Waals surface area contributed by atoms with E-state index in [1.807, 2.05) is 37.8 Å². The van der Waals surface area contributed by atoms with Gasteiger partial charge in [0.1, 0.15) is 17.5 Å². The second kappa shape index (κ2) is 7.86. The van der Waals surface area contributed by atoms with Gasteiger partial charge in [0.25, 0.3) is 0 Å². The summed E-state index contributed by atoms with van der Waals surface area (Å²) in [5.41, 5.74) is 2.42. The zero-order valence-corrected chi connectivity index (χ0v) is 16.0. The van der Waals surface area contributed by atoms with E-state index < -0.39 is 0 Å². The van der Waals surface area contributed by atoms with Crippen molar-refractivity contribution in [3.05, 3.63) is 65.9 Å². The van der Waals surface area contributed by atoms with Crippen LogP contribution in [-0.4, -0.2) is 37.6 Å². The number of rotatable bonds is 5. The van der Waals surface area contributed by atoms with Gasteiger partial charge in [-0.05, 0) is 37.8 Å². The zero-order chi connectivity index (χ0) is 18.6. The quantitative estimate of drug-likeness (QED) is 0.696. The summed E-state index contributed by atoms with van der Waals surface area (Å²) < 4.78 is 2.26. The van der Waals surface area contributed by atoms with E-state index in [0.29, 0.717) is 5.92 Å². The van der Waals surface area contributed by atoms with E-state index >= 15 is 0 Å². The SMILES string of the molecule is CCc1cnc(C)nc1N1CCC[C@@H](c2nccn2Cc2cccnc2)C1. The highest BCUT2D eigenvalue weighted by Crippen LogP contribution is 2.30. The standard InChI is InChI=1S/C21H26N6/c1-3-18-13-24-16(2)25-21(18)26-10-5-7-19(15-26)20-23-9-11-27(20)14-17-6-4-8-22-12-17/h4,6,8-9,11-13,19H,3,5,7,10,14-15H2,1-2H3/t19-/m1/s1. The van der Waals surface area contributed by atoms with E-state index in [1.54, 1.807) is 0 Å². The highest BCUT2D eigenvalue weighted by Gasteiger charge is 2.26. The van der Waals surface area contributed by atoms with Crippen molar-refractivity contribution in [2.45, 2.75) is 45.6 Å². The first-order valence-electron chi connectivity index (χ1n) is 9.72. The number of anilines is 1. The van der Waals surface area contributed by atoms with Gasteiger partial charge in [-0.2, -0.15) is 0 Å². The lowest BCUT2D eigenvalue weighted by Crippen LogP contribution is -2.36. The molecule has 1 aliphatic rings. The van der Waals surface area contributed by atoms with E-state index in [0.717, 1.165) is 56.4 Å². The molecule has 0 aliphatic carbocycles. The summed E-state index contributed by atoms with van der Waals surface area (Å²) in [4.78, 5) is 20.5. The van der Waals surface area contributed by atoms with E-state index in [9.17, 15) is 0 Å². The number of aryl methyl sites for hydroxylation is 2. The van der Waals surface area contributed by atoms with Gasteiger partial charge in [-0.3, -0.25) is 4.98 Å². The monoisotopic (exact) mass is 362 g/mol. The fraction of sp³-hybridized carbons (Fsp3) is 0.429. The third kappa shape index (κ3) is 3.84. The van der Waals surface area contributed by atoms with Crippen molar-refractivity contribution < 1.29 is 0 Å². The first kappa shape index (κ1) is 17.6. The zero-order valence-electron chi connectivity index (χ0n) is 16.0. The van der Waals surface area contributed by atoms with E-state index in [4.69, 9.17) is 9.97 Å². The maximum Gasteiger partial charge on any atom is 0.135 e. The van der Waals surface area contributed by atoms with Gasteiger partial charge in [-0.25, -0.2) is 15.0 Å². The van der Waals surface area contributed by atoms with E-state index in [-0.39, 0.29) is 0 Å². The average Bonchev–Trinajstić information content (AvgIpc) is 3.17. The molecule has 4 heterocycles. The maximum absolute atomic E-state index is 4.75. The van der Waals surface area contributed by atoms with Crippen molar-refractivity contribution in [2.75, 3.05) is 18.0 Å². The van der Waals surface area contributed by atoms with Crippen LogP contribution in [0.1, 0.15) is 48.5 Å². The minimum atomic E-state index is 0.408. The van der Waals surface area contributed by atoms with Gasteiger partial charge < -0.3 is 9.47 Å². The molecule has 0 bridgehead atoms. The molecule has 6 heteroatoms. The molecule has 0 saturated carbocycles. The molecule has 0 N–H and O–H groups in total. The Morgan fingerprint density at radius 1 is 1.19 bits per heavy atom. The van der Waals surface area contributed by atoms with Crippen LogP contribution in [0.15, 0.2) is 43.1 Å². The molecule has 0 spiro atoms. The molecule has 3 aromatic heterocycles. The summed E-state index contributed by atoms with van der Waals surface area (Å²) in [5, 5.41) is 0. The van der Waals surface area contributed by atoms with Gasteiger partial charge in [0.05, 0.1) is 6.54 Å². The smallest absolute Gasteiger partial charge is 0.135 e. The molecule has 27 heavy (non-hydrogen) atoms. The number of pyridine rings is 1. The van der Waals surface area contributed by atoms with Gasteiger partial charge in [0.15, 0.2) is 0 Å². The molecule has 4 rings (SSSR count). The largest absolute Gasteiger partial charge is 0.356 e. The van der Waals surface area contributed by atoms with Crippen molar-refractivity contribution in [1.29, 1.82) is 0 Å². The summed E-state index contributed by atoms with van der Waals surface area (Å²) in [6, 6.07) is 4.10. The second-order valence-electron chi connectivity index (χ2n) is 7.18. The van der Waals surface area contributed by atoms with Crippen molar-refractivity contribution in [2.24, 2.45) is 0 Å². The highest BCUT2D eigenvalue weighted by molar-refractivity contribution is 5.47. The van der Waals surface area contributed by atoms with E-state index in [2.05, 4.69) is 38.6 Å². The van der Waals surface area contributed by atoms with Gasteiger partial charge in [-0.1, -0.05) is 13.0 Å². The van der Waals surface area contributed by atoms with Crippen molar-refractivity contribution in [3.63, 3.8) is 0 Å². The third-order valence-electron chi connectivity index (χ3n) is 5.25. The molecule has 0 aromatic carbocycles. The van der Waals surface area contributed by atoms with Crippen LogP contribution in [0.2, 0.25) is 0 Å². The topological polar surface area (TPSA) is 59.7 Å². The number of piperidine rings is 1. The lowest BCUT2D eigenvalue weighted by molar-refractivity contribution is 0.473. The summed E-state index contributed by atoms with van der Waals surface area (Å²) in [5.74, 6) is 3.50. The van der Waals surface area contributed by atoms with Crippen LogP contribution in [0.25, 0.3) is 0 Å². The summed E-state index contributed by atoms with van der Waals surface area (Å²) >= 11 is 0. The fourth-order valence-corrected chi connectivity index (χ4v) is 3.89. The lowest BCUT2D eigenvalue weighted by Gasteiger charge is -2.34. The molecule has 1 aliphatic heterocycles. The normalized spacial score (nSPS) is 17.3. The first-order chi connectivity index (χ1) is 13.2. The Labute approximate surface area is 160 Å². The predicted molar refractivity (Wildman–Crippen MR) is 106 cm³/mol. The van der Waals surface area contributed by atoms with Crippen LogP contribution < -0.4 is 4.90 Å². The van der Waals surface area contributed by atoms with Gasteiger partial charge in [0, 0.05) is 55.6 Å². The second-order valence-corrected chi connectivity index (χ2v) is 7.18. The molecular formula is C21H26N6. The Morgan fingerprint density at radius 3 is 2.93 bits per heavy atom. The molecular weight excluding hydrogens is 336 g/mol. The highest BCUT2D eigenvalue weighted by atomic mass is 15.2. The summed E-state index contributed by atoms with van der Waals surface area (Å²) in [7, 11) is 0. The van der Waals surface area contributed by atoms with Crippen LogP contribution in [0, 0.1) is 6.92 Å².